The monoisotopic (exact) mass is 628 g/mol. The van der Waals surface area contributed by atoms with Crippen molar-refractivity contribution >= 4 is 66.8 Å². The smallest absolute Gasteiger partial charge is 0.137 e. The molecule has 0 saturated heterocycles. The Labute approximate surface area is 285 Å². The lowest BCUT2D eigenvalue weighted by molar-refractivity contribution is 0.669. The second-order valence-corrected chi connectivity index (χ2v) is 12.2. The number of benzene rings is 8. The summed E-state index contributed by atoms with van der Waals surface area (Å²) in [7, 11) is 0. The number of hydrogen-bond acceptors (Lipinski definition) is 3. The summed E-state index contributed by atoms with van der Waals surface area (Å²) in [5, 5.41) is 4.63. The first-order chi connectivity index (χ1) is 24.3. The summed E-state index contributed by atoms with van der Waals surface area (Å²) >= 11 is 0. The van der Waals surface area contributed by atoms with Crippen LogP contribution in [0.15, 0.2) is 199 Å². The number of fused-ring (bicyclic) bond motifs is 4. The van der Waals surface area contributed by atoms with Crippen molar-refractivity contribution in [3.05, 3.63) is 194 Å². The molecular formula is C46H32N2O. The number of furan rings is 1. The number of rotatable bonds is 7. The molecule has 1 aromatic heterocycles. The molecule has 0 aliphatic rings. The van der Waals surface area contributed by atoms with Gasteiger partial charge in [0.1, 0.15) is 11.2 Å². The van der Waals surface area contributed by atoms with E-state index in [-0.39, 0.29) is 0 Å². The van der Waals surface area contributed by atoms with Gasteiger partial charge < -0.3 is 14.2 Å². The van der Waals surface area contributed by atoms with Gasteiger partial charge in [0.15, 0.2) is 0 Å². The lowest BCUT2D eigenvalue weighted by atomic mass is 9.95. The maximum atomic E-state index is 6.44. The minimum atomic E-state index is 0.858. The average Bonchev–Trinajstić information content (AvgIpc) is 3.54. The zero-order chi connectivity index (χ0) is 32.6. The van der Waals surface area contributed by atoms with Crippen LogP contribution in [0.2, 0.25) is 0 Å². The fraction of sp³-hybridized carbons (Fsp3) is 0. The molecule has 9 aromatic rings. The summed E-state index contributed by atoms with van der Waals surface area (Å²) in [5.41, 5.74) is 10.5. The van der Waals surface area contributed by atoms with Gasteiger partial charge in [-0.25, -0.2) is 0 Å². The zero-order valence-corrected chi connectivity index (χ0v) is 26.8. The Morgan fingerprint density at radius 3 is 1.61 bits per heavy atom. The number of nitrogens with zero attached hydrogens (tertiary/aromatic N) is 2. The van der Waals surface area contributed by atoms with Crippen LogP contribution in [0.1, 0.15) is 0 Å². The standard InChI is InChI=1S/C46H32N2O/c1-4-16-34(17-5-1)46-40-24-11-10-15-33(40)27-30-43(46)48(39-28-29-42-41-25-12-13-26-44(41)49-45(42)32-39)38-23-14-22-37(31-38)47(35-18-6-2-7-19-35)36-20-8-3-9-21-36/h1-32H. The first-order valence-corrected chi connectivity index (χ1v) is 16.6. The minimum Gasteiger partial charge on any atom is -0.456 e. The molecule has 232 valence electrons. The minimum absolute atomic E-state index is 0.858. The predicted octanol–water partition coefficient (Wildman–Crippen LogP) is 13.3. The third kappa shape index (κ3) is 5.18. The lowest BCUT2D eigenvalue weighted by Gasteiger charge is -2.31. The van der Waals surface area contributed by atoms with E-state index in [9.17, 15) is 0 Å². The molecule has 0 aliphatic heterocycles. The second-order valence-electron chi connectivity index (χ2n) is 12.2. The normalized spacial score (nSPS) is 11.3. The highest BCUT2D eigenvalue weighted by Crippen LogP contribution is 2.47. The molecule has 0 radical (unpaired) electrons. The Hall–Kier alpha value is -6.58. The maximum absolute atomic E-state index is 6.44. The molecular weight excluding hydrogens is 597 g/mol. The van der Waals surface area contributed by atoms with Gasteiger partial charge in [0, 0.05) is 50.8 Å². The molecule has 3 nitrogen and oxygen atoms in total. The van der Waals surface area contributed by atoms with Gasteiger partial charge in [-0.05, 0) is 83.1 Å². The summed E-state index contributed by atoms with van der Waals surface area (Å²) in [6.45, 7) is 0. The maximum Gasteiger partial charge on any atom is 0.137 e. The molecule has 0 fully saturated rings. The molecule has 0 bridgehead atoms. The SMILES string of the molecule is c1ccc(-c2c(N(c3cccc(N(c4ccccc4)c4ccccc4)c3)c3ccc4c(c3)oc3ccccc34)ccc3ccccc23)cc1. The average molecular weight is 629 g/mol. The van der Waals surface area contributed by atoms with Crippen LogP contribution in [0.5, 0.6) is 0 Å². The highest BCUT2D eigenvalue weighted by Gasteiger charge is 2.22. The second kappa shape index (κ2) is 12.2. The van der Waals surface area contributed by atoms with E-state index in [1.54, 1.807) is 0 Å². The number of hydrogen-bond donors (Lipinski definition) is 0. The summed E-state index contributed by atoms with van der Waals surface area (Å²) in [4.78, 5) is 4.68. The van der Waals surface area contributed by atoms with Gasteiger partial charge in [-0.1, -0.05) is 121 Å². The van der Waals surface area contributed by atoms with Crippen molar-refractivity contribution in [2.24, 2.45) is 0 Å². The highest BCUT2D eigenvalue weighted by molar-refractivity contribution is 6.08. The Kier molecular flexibility index (Phi) is 7.14. The van der Waals surface area contributed by atoms with Crippen LogP contribution in [0.4, 0.5) is 34.1 Å². The van der Waals surface area contributed by atoms with Crippen LogP contribution < -0.4 is 9.80 Å². The molecule has 0 saturated carbocycles. The van der Waals surface area contributed by atoms with Gasteiger partial charge in [-0.3, -0.25) is 0 Å². The van der Waals surface area contributed by atoms with E-state index in [4.69, 9.17) is 4.42 Å². The lowest BCUT2D eigenvalue weighted by Crippen LogP contribution is -2.14. The largest absolute Gasteiger partial charge is 0.456 e. The third-order valence-corrected chi connectivity index (χ3v) is 9.21. The zero-order valence-electron chi connectivity index (χ0n) is 26.8. The molecule has 0 N–H and O–H groups in total. The molecule has 0 aliphatic carbocycles. The molecule has 0 spiro atoms. The van der Waals surface area contributed by atoms with Crippen molar-refractivity contribution in [3.63, 3.8) is 0 Å². The van der Waals surface area contributed by atoms with E-state index in [0.29, 0.717) is 0 Å². The third-order valence-electron chi connectivity index (χ3n) is 9.21. The summed E-state index contributed by atoms with van der Waals surface area (Å²) < 4.78 is 6.44. The van der Waals surface area contributed by atoms with Crippen molar-refractivity contribution in [1.29, 1.82) is 0 Å². The molecule has 0 atom stereocenters. The van der Waals surface area contributed by atoms with Crippen LogP contribution in [0, 0.1) is 0 Å². The van der Waals surface area contributed by atoms with Crippen LogP contribution in [-0.4, -0.2) is 0 Å². The Balaban J connectivity index is 1.31. The van der Waals surface area contributed by atoms with Gasteiger partial charge in [0.25, 0.3) is 0 Å². The van der Waals surface area contributed by atoms with Gasteiger partial charge in [0.05, 0.1) is 5.69 Å². The van der Waals surface area contributed by atoms with E-state index in [1.165, 1.54) is 16.3 Å². The molecule has 0 unspecified atom stereocenters. The van der Waals surface area contributed by atoms with Crippen LogP contribution in [-0.2, 0) is 0 Å². The summed E-state index contributed by atoms with van der Waals surface area (Å²) in [6.07, 6.45) is 0. The molecule has 8 aromatic carbocycles. The fourth-order valence-electron chi connectivity index (χ4n) is 7.01. The summed E-state index contributed by atoms with van der Waals surface area (Å²) in [6, 6.07) is 68.6. The predicted molar refractivity (Wildman–Crippen MR) is 206 cm³/mol. The van der Waals surface area contributed by atoms with E-state index < -0.39 is 0 Å². The Morgan fingerprint density at radius 1 is 0.327 bits per heavy atom. The van der Waals surface area contributed by atoms with Crippen molar-refractivity contribution in [2.45, 2.75) is 0 Å². The van der Waals surface area contributed by atoms with Crippen LogP contribution >= 0.6 is 0 Å². The van der Waals surface area contributed by atoms with Crippen molar-refractivity contribution < 1.29 is 4.42 Å². The van der Waals surface area contributed by atoms with Crippen LogP contribution in [0.3, 0.4) is 0 Å². The van der Waals surface area contributed by atoms with Crippen LogP contribution in [0.25, 0.3) is 43.8 Å². The van der Waals surface area contributed by atoms with Gasteiger partial charge >= 0.3 is 0 Å². The summed E-state index contributed by atoms with van der Waals surface area (Å²) in [5.74, 6) is 0. The van der Waals surface area contributed by atoms with E-state index in [0.717, 1.165) is 61.6 Å². The number of anilines is 6. The van der Waals surface area contributed by atoms with Gasteiger partial charge in [0.2, 0.25) is 0 Å². The van der Waals surface area contributed by atoms with E-state index in [2.05, 4.69) is 192 Å². The first kappa shape index (κ1) is 28.6. The Bertz CT molecular complexity index is 2520. The van der Waals surface area contributed by atoms with E-state index >= 15 is 0 Å². The van der Waals surface area contributed by atoms with E-state index in [1.807, 2.05) is 12.1 Å². The highest BCUT2D eigenvalue weighted by atomic mass is 16.3. The number of para-hydroxylation sites is 3. The van der Waals surface area contributed by atoms with Gasteiger partial charge in [-0.2, -0.15) is 0 Å². The van der Waals surface area contributed by atoms with Crippen molar-refractivity contribution in [1.82, 2.24) is 0 Å². The quantitative estimate of drug-likeness (QED) is 0.175. The molecule has 9 rings (SSSR count). The Morgan fingerprint density at radius 2 is 0.878 bits per heavy atom. The fourth-order valence-corrected chi connectivity index (χ4v) is 7.01. The van der Waals surface area contributed by atoms with Gasteiger partial charge in [-0.15, -0.1) is 0 Å². The molecule has 0 amide bonds. The molecule has 3 heteroatoms. The first-order valence-electron chi connectivity index (χ1n) is 16.6. The van der Waals surface area contributed by atoms with Crippen molar-refractivity contribution in [2.75, 3.05) is 9.80 Å². The topological polar surface area (TPSA) is 19.6 Å². The molecule has 49 heavy (non-hydrogen) atoms. The molecule has 1 heterocycles. The van der Waals surface area contributed by atoms with Crippen molar-refractivity contribution in [3.8, 4) is 11.1 Å².